The van der Waals surface area contributed by atoms with Crippen LogP contribution < -0.4 is 0 Å². The van der Waals surface area contributed by atoms with Gasteiger partial charge < -0.3 is 5.11 Å². The monoisotopic (exact) mass is 290 g/mol. The Hall–Kier alpha value is -1.75. The van der Waals surface area contributed by atoms with E-state index in [0.717, 1.165) is 22.7 Å². The second kappa shape index (κ2) is 5.71. The summed E-state index contributed by atoms with van der Waals surface area (Å²) in [5.41, 5.74) is 4.08. The smallest absolute Gasteiger partial charge is 0.339 e. The Balaban J connectivity index is 2.73. The number of thioether (sulfide) groups is 1. The number of aromatic carboxylic acids is 1. The van der Waals surface area contributed by atoms with Crippen LogP contribution in [0.3, 0.4) is 0 Å². The zero-order chi connectivity index (χ0) is 14.9. The molecule has 0 aliphatic rings. The molecule has 0 aliphatic heterocycles. The Bertz CT molecular complexity index is 662. The van der Waals surface area contributed by atoms with Crippen LogP contribution in [0.25, 0.3) is 5.69 Å². The van der Waals surface area contributed by atoms with Gasteiger partial charge in [-0.15, -0.1) is 11.8 Å². The number of hydrogen-bond acceptors (Lipinski definition) is 3. The third kappa shape index (κ3) is 2.33. The van der Waals surface area contributed by atoms with Gasteiger partial charge in [0.1, 0.15) is 0 Å². The molecule has 1 aromatic heterocycles. The molecule has 1 heterocycles. The lowest BCUT2D eigenvalue weighted by atomic mass is 10.1. The largest absolute Gasteiger partial charge is 0.478 e. The van der Waals surface area contributed by atoms with E-state index in [9.17, 15) is 9.90 Å². The first kappa shape index (κ1) is 14.7. The summed E-state index contributed by atoms with van der Waals surface area (Å²) in [4.78, 5) is 12.3. The lowest BCUT2D eigenvalue weighted by molar-refractivity contribution is 0.0693. The van der Waals surface area contributed by atoms with Crippen LogP contribution in [-0.2, 0) is 6.42 Å². The number of carbonyl (C=O) groups is 1. The second-order valence-corrected chi connectivity index (χ2v) is 5.42. The fraction of sp³-hybridized carbons (Fsp3) is 0.333. The molecule has 2 aromatic rings. The van der Waals surface area contributed by atoms with Gasteiger partial charge in [-0.05, 0) is 44.2 Å². The molecule has 4 nitrogen and oxygen atoms in total. The Morgan fingerprint density at radius 1 is 1.40 bits per heavy atom. The number of nitrogens with zero attached hydrogens (tertiary/aromatic N) is 2. The van der Waals surface area contributed by atoms with Crippen molar-refractivity contribution in [2.45, 2.75) is 32.1 Å². The van der Waals surface area contributed by atoms with Gasteiger partial charge in [0.15, 0.2) is 0 Å². The number of aromatic nitrogens is 2. The topological polar surface area (TPSA) is 55.1 Å². The van der Waals surface area contributed by atoms with Gasteiger partial charge in [-0.1, -0.05) is 13.0 Å². The van der Waals surface area contributed by atoms with Gasteiger partial charge in [0.2, 0.25) is 0 Å². The van der Waals surface area contributed by atoms with E-state index in [0.29, 0.717) is 11.3 Å². The van der Waals surface area contributed by atoms with Gasteiger partial charge in [-0.3, -0.25) is 0 Å². The van der Waals surface area contributed by atoms with E-state index in [1.807, 2.05) is 38.3 Å². The standard InChI is InChI=1S/C15H18N2O2S/c1-5-11-9(2)16-17(10(11)3)12-7-6-8-13(20-4)14(12)15(18)19/h6-8H,5H2,1-4H3,(H,18,19). The molecular formula is C15H18N2O2S. The van der Waals surface area contributed by atoms with Crippen LogP contribution in [0.15, 0.2) is 23.1 Å². The molecule has 0 spiro atoms. The Morgan fingerprint density at radius 3 is 2.60 bits per heavy atom. The lowest BCUT2D eigenvalue weighted by Crippen LogP contribution is -2.09. The molecule has 0 atom stereocenters. The molecule has 0 unspecified atom stereocenters. The molecule has 1 N–H and O–H groups in total. The number of benzene rings is 1. The molecule has 0 amide bonds. The van der Waals surface area contributed by atoms with E-state index in [1.165, 1.54) is 17.3 Å². The Kier molecular flexibility index (Phi) is 4.18. The molecule has 0 fully saturated rings. The summed E-state index contributed by atoms with van der Waals surface area (Å²) in [5, 5.41) is 14.0. The van der Waals surface area contributed by atoms with E-state index in [4.69, 9.17) is 0 Å². The number of carboxylic acid groups (broad SMARTS) is 1. The van der Waals surface area contributed by atoms with Crippen LogP contribution >= 0.6 is 11.8 Å². The van der Waals surface area contributed by atoms with E-state index in [-0.39, 0.29) is 0 Å². The van der Waals surface area contributed by atoms with Crippen molar-refractivity contribution in [2.75, 3.05) is 6.26 Å². The van der Waals surface area contributed by atoms with Gasteiger partial charge in [-0.2, -0.15) is 5.10 Å². The van der Waals surface area contributed by atoms with Crippen molar-refractivity contribution in [2.24, 2.45) is 0 Å². The van der Waals surface area contributed by atoms with Crippen molar-refractivity contribution in [1.82, 2.24) is 9.78 Å². The summed E-state index contributed by atoms with van der Waals surface area (Å²) >= 11 is 1.43. The molecule has 0 saturated heterocycles. The minimum absolute atomic E-state index is 0.313. The van der Waals surface area contributed by atoms with Crippen molar-refractivity contribution in [1.29, 1.82) is 0 Å². The van der Waals surface area contributed by atoms with Crippen LogP contribution in [-0.4, -0.2) is 27.1 Å². The predicted octanol–water partition coefficient (Wildman–Crippen LogP) is 3.47. The quantitative estimate of drug-likeness (QED) is 0.876. The minimum atomic E-state index is -0.921. The zero-order valence-corrected chi connectivity index (χ0v) is 12.9. The highest BCUT2D eigenvalue weighted by molar-refractivity contribution is 7.98. The molecule has 0 saturated carbocycles. The first-order valence-electron chi connectivity index (χ1n) is 6.47. The van der Waals surface area contributed by atoms with E-state index < -0.39 is 5.97 Å². The molecule has 2 rings (SSSR count). The lowest BCUT2D eigenvalue weighted by Gasteiger charge is -2.11. The second-order valence-electron chi connectivity index (χ2n) is 4.57. The van der Waals surface area contributed by atoms with Crippen LogP contribution in [0.1, 0.15) is 34.2 Å². The van der Waals surface area contributed by atoms with Crippen LogP contribution in [0, 0.1) is 13.8 Å². The van der Waals surface area contributed by atoms with Crippen LogP contribution in [0.2, 0.25) is 0 Å². The van der Waals surface area contributed by atoms with Crippen molar-refractivity contribution in [3.8, 4) is 5.69 Å². The SMILES string of the molecule is CCc1c(C)nn(-c2cccc(SC)c2C(=O)O)c1C. The summed E-state index contributed by atoms with van der Waals surface area (Å²) in [6.07, 6.45) is 2.77. The van der Waals surface area contributed by atoms with Crippen molar-refractivity contribution in [3.63, 3.8) is 0 Å². The van der Waals surface area contributed by atoms with Crippen LogP contribution in [0.4, 0.5) is 0 Å². The van der Waals surface area contributed by atoms with Crippen LogP contribution in [0.5, 0.6) is 0 Å². The maximum atomic E-state index is 11.6. The third-order valence-corrected chi connectivity index (χ3v) is 4.24. The molecule has 1 aromatic carbocycles. The normalized spacial score (nSPS) is 10.8. The molecule has 0 aliphatic carbocycles. The molecule has 0 radical (unpaired) electrons. The van der Waals surface area contributed by atoms with Gasteiger partial charge >= 0.3 is 5.97 Å². The molecule has 0 bridgehead atoms. The third-order valence-electron chi connectivity index (χ3n) is 3.46. The minimum Gasteiger partial charge on any atom is -0.478 e. The number of carboxylic acids is 1. The predicted molar refractivity (Wildman–Crippen MR) is 81.2 cm³/mol. The van der Waals surface area contributed by atoms with E-state index in [2.05, 4.69) is 12.0 Å². The summed E-state index contributed by atoms with van der Waals surface area (Å²) in [5.74, 6) is -0.921. The first-order valence-corrected chi connectivity index (χ1v) is 7.69. The molecule has 20 heavy (non-hydrogen) atoms. The van der Waals surface area contributed by atoms with Gasteiger partial charge in [0, 0.05) is 10.6 Å². The zero-order valence-electron chi connectivity index (χ0n) is 12.1. The number of aryl methyl sites for hydroxylation is 1. The Morgan fingerprint density at radius 2 is 2.10 bits per heavy atom. The Labute approximate surface area is 122 Å². The highest BCUT2D eigenvalue weighted by Gasteiger charge is 2.19. The van der Waals surface area contributed by atoms with Crippen molar-refractivity contribution in [3.05, 3.63) is 40.7 Å². The summed E-state index contributed by atoms with van der Waals surface area (Å²) < 4.78 is 1.75. The van der Waals surface area contributed by atoms with E-state index >= 15 is 0 Å². The highest BCUT2D eigenvalue weighted by Crippen LogP contribution is 2.28. The van der Waals surface area contributed by atoms with E-state index in [1.54, 1.807) is 4.68 Å². The summed E-state index contributed by atoms with van der Waals surface area (Å²) in [6.45, 7) is 6.02. The summed E-state index contributed by atoms with van der Waals surface area (Å²) in [6, 6.07) is 5.50. The maximum absolute atomic E-state index is 11.6. The molecule has 5 heteroatoms. The first-order chi connectivity index (χ1) is 9.51. The van der Waals surface area contributed by atoms with Crippen molar-refractivity contribution >= 4 is 17.7 Å². The van der Waals surface area contributed by atoms with Gasteiger partial charge in [0.25, 0.3) is 0 Å². The number of hydrogen-bond donors (Lipinski definition) is 1. The highest BCUT2D eigenvalue weighted by atomic mass is 32.2. The maximum Gasteiger partial charge on any atom is 0.339 e. The fourth-order valence-corrected chi connectivity index (χ4v) is 3.11. The molecule has 106 valence electrons. The molecular weight excluding hydrogens is 272 g/mol. The average molecular weight is 290 g/mol. The van der Waals surface area contributed by atoms with Crippen molar-refractivity contribution < 1.29 is 9.90 Å². The van der Waals surface area contributed by atoms with Gasteiger partial charge in [-0.25, -0.2) is 9.48 Å². The fourth-order valence-electron chi connectivity index (χ4n) is 2.50. The summed E-state index contributed by atoms with van der Waals surface area (Å²) in [7, 11) is 0. The number of rotatable bonds is 4. The van der Waals surface area contributed by atoms with Gasteiger partial charge in [0.05, 0.1) is 16.9 Å². The average Bonchev–Trinajstić information content (AvgIpc) is 2.72.